The van der Waals surface area contributed by atoms with E-state index in [0.29, 0.717) is 18.9 Å². The maximum absolute atomic E-state index is 13.0. The molecule has 1 fully saturated rings. The average molecular weight is 411 g/mol. The molecule has 2 aliphatic rings. The molecule has 1 atom stereocenters. The first kappa shape index (κ1) is 18.3. The van der Waals surface area contributed by atoms with Crippen LogP contribution in [0.5, 0.6) is 0 Å². The van der Waals surface area contributed by atoms with E-state index in [9.17, 15) is 4.79 Å². The fourth-order valence-corrected chi connectivity index (χ4v) is 4.70. The molecular formula is C20H22N6O2S. The van der Waals surface area contributed by atoms with Gasteiger partial charge >= 0.3 is 0 Å². The van der Waals surface area contributed by atoms with Gasteiger partial charge in [0.05, 0.1) is 19.8 Å². The number of carbonyl (C=O) groups excluding carboxylic acids is 1. The summed E-state index contributed by atoms with van der Waals surface area (Å²) in [6.45, 7) is 6.05. The van der Waals surface area contributed by atoms with E-state index >= 15 is 0 Å². The number of benzene rings is 1. The summed E-state index contributed by atoms with van der Waals surface area (Å²) in [4.78, 5) is 21.9. The van der Waals surface area contributed by atoms with Gasteiger partial charge in [-0.2, -0.15) is 0 Å². The normalized spacial score (nSPS) is 19.5. The molecular weight excluding hydrogens is 388 g/mol. The second kappa shape index (κ2) is 7.57. The molecule has 29 heavy (non-hydrogen) atoms. The predicted molar refractivity (Wildman–Crippen MR) is 110 cm³/mol. The average Bonchev–Trinajstić information content (AvgIpc) is 3.40. The molecule has 1 amide bonds. The van der Waals surface area contributed by atoms with Crippen LogP contribution in [0.3, 0.4) is 0 Å². The Labute approximate surface area is 172 Å². The minimum Gasteiger partial charge on any atom is -0.378 e. The number of amides is 1. The van der Waals surface area contributed by atoms with Gasteiger partial charge in [-0.05, 0) is 12.5 Å². The standard InChI is InChI=1S/C20H22N6O2S/c1-14-19(27)25(11-15-5-3-2-4-6-15)12-17-22-23-18(26(14)17)16-13-29-20(21-16)24-7-9-28-10-8-24/h2-6,13-14H,7-12H2,1H3/t14-/m1/s1. The van der Waals surface area contributed by atoms with E-state index in [4.69, 9.17) is 9.72 Å². The van der Waals surface area contributed by atoms with E-state index in [1.807, 2.05) is 52.1 Å². The zero-order valence-electron chi connectivity index (χ0n) is 16.2. The first-order valence-corrected chi connectivity index (χ1v) is 10.6. The summed E-state index contributed by atoms with van der Waals surface area (Å²) >= 11 is 1.59. The van der Waals surface area contributed by atoms with Gasteiger partial charge in [0.25, 0.3) is 0 Å². The molecule has 150 valence electrons. The second-order valence-corrected chi connectivity index (χ2v) is 8.12. The molecule has 5 rings (SSSR count). The largest absolute Gasteiger partial charge is 0.378 e. The van der Waals surface area contributed by atoms with Gasteiger partial charge in [0.2, 0.25) is 5.91 Å². The van der Waals surface area contributed by atoms with Crippen LogP contribution in [0, 0.1) is 0 Å². The van der Waals surface area contributed by atoms with E-state index in [-0.39, 0.29) is 11.9 Å². The van der Waals surface area contributed by atoms with E-state index in [1.54, 1.807) is 11.3 Å². The van der Waals surface area contributed by atoms with Gasteiger partial charge in [-0.1, -0.05) is 30.3 Å². The van der Waals surface area contributed by atoms with Gasteiger partial charge in [-0.25, -0.2) is 4.98 Å². The van der Waals surface area contributed by atoms with Gasteiger partial charge in [-0.3, -0.25) is 9.36 Å². The van der Waals surface area contributed by atoms with Gasteiger partial charge in [0, 0.05) is 25.0 Å². The predicted octanol–water partition coefficient (Wildman–Crippen LogP) is 2.34. The topological polar surface area (TPSA) is 76.4 Å². The number of rotatable bonds is 4. The van der Waals surface area contributed by atoms with Crippen molar-refractivity contribution in [2.75, 3.05) is 31.2 Å². The van der Waals surface area contributed by atoms with Crippen molar-refractivity contribution in [2.24, 2.45) is 0 Å². The number of hydrogen-bond donors (Lipinski definition) is 0. The minimum absolute atomic E-state index is 0.0750. The Morgan fingerprint density at radius 2 is 1.97 bits per heavy atom. The maximum Gasteiger partial charge on any atom is 0.246 e. The molecule has 0 aliphatic carbocycles. The molecule has 1 saturated heterocycles. The van der Waals surface area contributed by atoms with Crippen LogP contribution in [-0.4, -0.2) is 56.9 Å². The van der Waals surface area contributed by atoms with Crippen LogP contribution in [0.4, 0.5) is 5.13 Å². The third kappa shape index (κ3) is 3.40. The lowest BCUT2D eigenvalue weighted by atomic mass is 10.1. The van der Waals surface area contributed by atoms with E-state index in [0.717, 1.165) is 48.5 Å². The smallest absolute Gasteiger partial charge is 0.246 e. The Morgan fingerprint density at radius 1 is 1.17 bits per heavy atom. The number of hydrogen-bond acceptors (Lipinski definition) is 7. The Balaban J connectivity index is 1.40. The van der Waals surface area contributed by atoms with Gasteiger partial charge in [0.1, 0.15) is 11.7 Å². The van der Waals surface area contributed by atoms with Gasteiger partial charge in [0.15, 0.2) is 16.8 Å². The number of thiazole rings is 1. The van der Waals surface area contributed by atoms with Crippen molar-refractivity contribution in [3.63, 3.8) is 0 Å². The molecule has 8 nitrogen and oxygen atoms in total. The molecule has 0 spiro atoms. The number of ether oxygens (including phenoxy) is 1. The quantitative estimate of drug-likeness (QED) is 0.657. The number of anilines is 1. The number of nitrogens with zero attached hydrogens (tertiary/aromatic N) is 6. The zero-order valence-corrected chi connectivity index (χ0v) is 17.0. The van der Waals surface area contributed by atoms with Crippen LogP contribution in [0.2, 0.25) is 0 Å². The molecule has 9 heteroatoms. The van der Waals surface area contributed by atoms with Crippen LogP contribution < -0.4 is 4.90 Å². The lowest BCUT2D eigenvalue weighted by Crippen LogP contribution is -2.41. The first-order valence-electron chi connectivity index (χ1n) is 9.76. The van der Waals surface area contributed by atoms with Crippen molar-refractivity contribution in [1.29, 1.82) is 0 Å². The summed E-state index contributed by atoms with van der Waals surface area (Å²) in [6, 6.07) is 9.66. The molecule has 0 bridgehead atoms. The van der Waals surface area contributed by atoms with Crippen molar-refractivity contribution in [1.82, 2.24) is 24.6 Å². The summed E-state index contributed by atoms with van der Waals surface area (Å²) in [5.74, 6) is 1.53. The summed E-state index contributed by atoms with van der Waals surface area (Å²) in [5, 5.41) is 11.7. The Hall–Kier alpha value is -2.78. The summed E-state index contributed by atoms with van der Waals surface area (Å²) in [7, 11) is 0. The fourth-order valence-electron chi connectivity index (χ4n) is 3.84. The van der Waals surface area contributed by atoms with Gasteiger partial charge < -0.3 is 14.5 Å². The summed E-state index contributed by atoms with van der Waals surface area (Å²) in [5.41, 5.74) is 1.88. The highest BCUT2D eigenvalue weighted by Crippen LogP contribution is 2.32. The van der Waals surface area contributed by atoms with Crippen molar-refractivity contribution in [3.8, 4) is 11.5 Å². The number of fused-ring (bicyclic) bond motifs is 1. The van der Waals surface area contributed by atoms with Crippen LogP contribution in [0.15, 0.2) is 35.7 Å². The monoisotopic (exact) mass is 410 g/mol. The molecule has 3 aromatic rings. The van der Waals surface area contributed by atoms with E-state index in [2.05, 4.69) is 15.1 Å². The molecule has 0 saturated carbocycles. The van der Waals surface area contributed by atoms with Crippen molar-refractivity contribution < 1.29 is 9.53 Å². The van der Waals surface area contributed by atoms with Crippen molar-refractivity contribution in [2.45, 2.75) is 26.1 Å². The summed E-state index contributed by atoms with van der Waals surface area (Å²) < 4.78 is 7.35. The highest BCUT2D eigenvalue weighted by molar-refractivity contribution is 7.14. The molecule has 4 heterocycles. The highest BCUT2D eigenvalue weighted by Gasteiger charge is 2.34. The first-order chi connectivity index (χ1) is 14.2. The van der Waals surface area contributed by atoms with Crippen molar-refractivity contribution >= 4 is 22.4 Å². The second-order valence-electron chi connectivity index (χ2n) is 7.28. The third-order valence-electron chi connectivity index (χ3n) is 5.37. The maximum atomic E-state index is 13.0. The molecule has 2 aromatic heterocycles. The lowest BCUT2D eigenvalue weighted by Gasteiger charge is -2.32. The Morgan fingerprint density at radius 3 is 2.76 bits per heavy atom. The van der Waals surface area contributed by atoms with Crippen LogP contribution >= 0.6 is 11.3 Å². The molecule has 0 radical (unpaired) electrons. The SMILES string of the molecule is C[C@@H]1C(=O)N(Cc2ccccc2)Cc2nnc(-c3csc(N4CCOCC4)n3)n21. The number of morpholine rings is 1. The molecule has 0 N–H and O–H groups in total. The molecule has 1 aromatic carbocycles. The van der Waals surface area contributed by atoms with E-state index < -0.39 is 0 Å². The fraction of sp³-hybridized carbons (Fsp3) is 0.400. The third-order valence-corrected chi connectivity index (χ3v) is 6.28. The molecule has 0 unspecified atom stereocenters. The highest BCUT2D eigenvalue weighted by atomic mass is 32.1. The van der Waals surface area contributed by atoms with E-state index in [1.165, 1.54) is 0 Å². The lowest BCUT2D eigenvalue weighted by molar-refractivity contribution is -0.137. The van der Waals surface area contributed by atoms with Crippen LogP contribution in [0.25, 0.3) is 11.5 Å². The number of aromatic nitrogens is 4. The van der Waals surface area contributed by atoms with Crippen LogP contribution in [0.1, 0.15) is 24.4 Å². The minimum atomic E-state index is -0.360. The Kier molecular flexibility index (Phi) is 4.76. The summed E-state index contributed by atoms with van der Waals surface area (Å²) in [6.07, 6.45) is 0. The Bertz CT molecular complexity index is 1010. The van der Waals surface area contributed by atoms with Gasteiger partial charge in [-0.15, -0.1) is 21.5 Å². The zero-order chi connectivity index (χ0) is 19.8. The number of carbonyl (C=O) groups is 1. The van der Waals surface area contributed by atoms with Crippen LogP contribution in [-0.2, 0) is 22.6 Å². The van der Waals surface area contributed by atoms with Crippen molar-refractivity contribution in [3.05, 3.63) is 47.1 Å². The molecule has 2 aliphatic heterocycles.